The number of rotatable bonds is 6. The Labute approximate surface area is 150 Å². The molecular weight excluding hydrogens is 394 g/mol. The standard InChI is InChI=1S/C18H15BrF2N2O2/c19-13-8-9-14-15(11-13)23(22-17(14)24)10-4-3-6-12-5-1-2-7-16(12)25-18(20)21/h1-3,5-9,11,18H,4,10H2,(H,22,24). The van der Waals surface area contributed by atoms with Gasteiger partial charge in [-0.15, -0.1) is 0 Å². The Bertz CT molecular complexity index is 963. The summed E-state index contributed by atoms with van der Waals surface area (Å²) in [7, 11) is 0. The van der Waals surface area contributed by atoms with E-state index >= 15 is 0 Å². The Morgan fingerprint density at radius 3 is 2.84 bits per heavy atom. The van der Waals surface area contributed by atoms with Crippen molar-refractivity contribution in [3.05, 3.63) is 68.9 Å². The highest BCUT2D eigenvalue weighted by Crippen LogP contribution is 2.22. The van der Waals surface area contributed by atoms with Gasteiger partial charge >= 0.3 is 6.61 Å². The number of alkyl halides is 2. The van der Waals surface area contributed by atoms with E-state index in [0.29, 0.717) is 23.9 Å². The van der Waals surface area contributed by atoms with Crippen molar-refractivity contribution in [3.63, 3.8) is 0 Å². The number of hydrogen-bond donors (Lipinski definition) is 1. The fourth-order valence-corrected chi connectivity index (χ4v) is 2.92. The molecule has 0 spiro atoms. The zero-order chi connectivity index (χ0) is 17.8. The number of nitrogens with zero attached hydrogens (tertiary/aromatic N) is 1. The third kappa shape index (κ3) is 4.17. The number of aromatic amines is 1. The average molecular weight is 409 g/mol. The Morgan fingerprint density at radius 1 is 1.24 bits per heavy atom. The normalized spacial score (nSPS) is 11.7. The highest BCUT2D eigenvalue weighted by molar-refractivity contribution is 9.10. The van der Waals surface area contributed by atoms with E-state index in [4.69, 9.17) is 0 Å². The zero-order valence-corrected chi connectivity index (χ0v) is 14.7. The summed E-state index contributed by atoms with van der Waals surface area (Å²) in [6.45, 7) is -2.30. The van der Waals surface area contributed by atoms with Crippen LogP contribution < -0.4 is 10.3 Å². The molecule has 130 valence electrons. The summed E-state index contributed by atoms with van der Waals surface area (Å²) in [5, 5.41) is 3.43. The van der Waals surface area contributed by atoms with Crippen LogP contribution in [0.2, 0.25) is 0 Å². The Morgan fingerprint density at radius 2 is 2.04 bits per heavy atom. The molecule has 4 nitrogen and oxygen atoms in total. The fraction of sp³-hybridized carbons (Fsp3) is 0.167. The minimum atomic E-state index is -2.86. The fourth-order valence-electron chi connectivity index (χ4n) is 2.57. The maximum absolute atomic E-state index is 12.4. The van der Waals surface area contributed by atoms with Gasteiger partial charge in [-0.25, -0.2) is 0 Å². The van der Waals surface area contributed by atoms with Crippen LogP contribution in [0.15, 0.2) is 57.8 Å². The van der Waals surface area contributed by atoms with E-state index in [1.807, 2.05) is 18.2 Å². The van der Waals surface area contributed by atoms with Crippen LogP contribution >= 0.6 is 15.9 Å². The molecule has 0 aliphatic carbocycles. The monoisotopic (exact) mass is 408 g/mol. The molecule has 0 aliphatic rings. The van der Waals surface area contributed by atoms with Crippen molar-refractivity contribution >= 4 is 32.9 Å². The van der Waals surface area contributed by atoms with Crippen molar-refractivity contribution in [2.75, 3.05) is 0 Å². The number of para-hydroxylation sites is 1. The summed E-state index contributed by atoms with van der Waals surface area (Å²) < 4.78 is 32.0. The van der Waals surface area contributed by atoms with Gasteiger partial charge in [-0.2, -0.15) is 8.78 Å². The quantitative estimate of drug-likeness (QED) is 0.636. The number of aromatic nitrogens is 2. The van der Waals surface area contributed by atoms with Crippen molar-refractivity contribution in [2.45, 2.75) is 19.6 Å². The number of aryl methyl sites for hydroxylation is 1. The van der Waals surface area contributed by atoms with E-state index in [-0.39, 0.29) is 11.3 Å². The van der Waals surface area contributed by atoms with Gasteiger partial charge in [0.25, 0.3) is 5.56 Å². The number of H-pyrrole nitrogens is 1. The number of fused-ring (bicyclic) bond motifs is 1. The molecule has 1 heterocycles. The molecule has 1 N–H and O–H groups in total. The van der Waals surface area contributed by atoms with Crippen LogP contribution in [0.1, 0.15) is 12.0 Å². The number of nitrogens with one attached hydrogen (secondary N) is 1. The molecule has 3 rings (SSSR count). The molecule has 2 aromatic carbocycles. The first kappa shape index (κ1) is 17.4. The second-order valence-corrected chi connectivity index (χ2v) is 6.28. The van der Waals surface area contributed by atoms with Gasteiger partial charge in [0.05, 0.1) is 10.9 Å². The number of halogens is 3. The van der Waals surface area contributed by atoms with Crippen molar-refractivity contribution in [1.29, 1.82) is 0 Å². The summed E-state index contributed by atoms with van der Waals surface area (Å²) >= 11 is 3.40. The largest absolute Gasteiger partial charge is 0.434 e. The third-order valence-corrected chi connectivity index (χ3v) is 4.18. The molecule has 7 heteroatoms. The van der Waals surface area contributed by atoms with Gasteiger partial charge in [0.2, 0.25) is 0 Å². The first-order valence-corrected chi connectivity index (χ1v) is 8.42. The smallest absolute Gasteiger partial charge is 0.387 e. The lowest BCUT2D eigenvalue weighted by atomic mass is 10.2. The molecule has 25 heavy (non-hydrogen) atoms. The maximum Gasteiger partial charge on any atom is 0.387 e. The molecule has 0 radical (unpaired) electrons. The van der Waals surface area contributed by atoms with Gasteiger partial charge in [0.15, 0.2) is 0 Å². The van der Waals surface area contributed by atoms with Gasteiger partial charge in [-0.05, 0) is 30.7 Å². The molecule has 1 aromatic heterocycles. The first-order chi connectivity index (χ1) is 12.0. The molecule has 0 aliphatic heterocycles. The Balaban J connectivity index is 1.73. The maximum atomic E-state index is 12.4. The molecule has 0 saturated carbocycles. The molecule has 0 amide bonds. The van der Waals surface area contributed by atoms with E-state index in [0.717, 1.165) is 9.99 Å². The van der Waals surface area contributed by atoms with E-state index in [1.165, 1.54) is 6.07 Å². The average Bonchev–Trinajstić information content (AvgIpc) is 2.88. The van der Waals surface area contributed by atoms with Crippen molar-refractivity contribution in [3.8, 4) is 5.75 Å². The highest BCUT2D eigenvalue weighted by Gasteiger charge is 2.08. The minimum Gasteiger partial charge on any atom is -0.434 e. The lowest BCUT2D eigenvalue weighted by Gasteiger charge is -2.07. The second kappa shape index (κ2) is 7.65. The van der Waals surface area contributed by atoms with E-state index in [1.54, 1.807) is 35.0 Å². The predicted molar refractivity (Wildman–Crippen MR) is 97.0 cm³/mol. The van der Waals surface area contributed by atoms with E-state index in [2.05, 4.69) is 25.8 Å². The molecule has 0 fully saturated rings. The number of benzene rings is 2. The van der Waals surface area contributed by atoms with E-state index in [9.17, 15) is 13.6 Å². The van der Waals surface area contributed by atoms with Crippen molar-refractivity contribution < 1.29 is 13.5 Å². The Kier molecular flexibility index (Phi) is 5.33. The third-order valence-electron chi connectivity index (χ3n) is 3.68. The van der Waals surface area contributed by atoms with Gasteiger partial charge in [0.1, 0.15) is 5.75 Å². The topological polar surface area (TPSA) is 47.0 Å². The molecule has 0 bridgehead atoms. The second-order valence-electron chi connectivity index (χ2n) is 5.36. The first-order valence-electron chi connectivity index (χ1n) is 7.63. The van der Waals surface area contributed by atoms with Crippen molar-refractivity contribution in [2.24, 2.45) is 0 Å². The van der Waals surface area contributed by atoms with Crippen LogP contribution in [0.3, 0.4) is 0 Å². The SMILES string of the molecule is O=c1[nH]n(CCC=Cc2ccccc2OC(F)F)c2cc(Br)ccc12. The zero-order valence-electron chi connectivity index (χ0n) is 13.1. The molecule has 0 saturated heterocycles. The van der Waals surface area contributed by atoms with Crippen LogP contribution in [0.4, 0.5) is 8.78 Å². The lowest BCUT2D eigenvalue weighted by Crippen LogP contribution is -2.05. The molecule has 0 atom stereocenters. The number of allylic oxidation sites excluding steroid dienone is 1. The summed E-state index contributed by atoms with van der Waals surface area (Å²) in [6.07, 6.45) is 4.21. The summed E-state index contributed by atoms with van der Waals surface area (Å²) in [5.74, 6) is 0.137. The van der Waals surface area contributed by atoms with Crippen LogP contribution in [0, 0.1) is 0 Å². The van der Waals surface area contributed by atoms with Crippen LogP contribution in [0.25, 0.3) is 17.0 Å². The number of ether oxygens (including phenoxy) is 1. The minimum absolute atomic E-state index is 0.137. The Hall–Kier alpha value is -2.41. The van der Waals surface area contributed by atoms with Gasteiger partial charge < -0.3 is 4.74 Å². The summed E-state index contributed by atoms with van der Waals surface area (Å²) in [6, 6.07) is 12.1. The highest BCUT2D eigenvalue weighted by atomic mass is 79.9. The van der Waals surface area contributed by atoms with Gasteiger partial charge in [-0.1, -0.05) is 46.3 Å². The summed E-state index contributed by atoms with van der Waals surface area (Å²) in [4.78, 5) is 11.9. The lowest BCUT2D eigenvalue weighted by molar-refractivity contribution is -0.0499. The van der Waals surface area contributed by atoms with Gasteiger partial charge in [0, 0.05) is 16.6 Å². The van der Waals surface area contributed by atoms with Gasteiger partial charge in [-0.3, -0.25) is 14.6 Å². The molecule has 0 unspecified atom stereocenters. The van der Waals surface area contributed by atoms with Crippen LogP contribution in [-0.4, -0.2) is 16.4 Å². The van der Waals surface area contributed by atoms with Crippen LogP contribution in [0.5, 0.6) is 5.75 Å². The molecule has 3 aromatic rings. The van der Waals surface area contributed by atoms with Crippen LogP contribution in [-0.2, 0) is 6.54 Å². The predicted octanol–water partition coefficient (Wildman–Crippen LogP) is 4.80. The van der Waals surface area contributed by atoms with E-state index < -0.39 is 6.61 Å². The number of hydrogen-bond acceptors (Lipinski definition) is 2. The van der Waals surface area contributed by atoms with Crippen molar-refractivity contribution in [1.82, 2.24) is 9.78 Å². The summed E-state index contributed by atoms with van der Waals surface area (Å²) in [5.41, 5.74) is 1.26. The molecular formula is C18H15BrF2N2O2.